The van der Waals surface area contributed by atoms with Crippen molar-refractivity contribution >= 4 is 12.0 Å². The van der Waals surface area contributed by atoms with Crippen molar-refractivity contribution in [2.75, 3.05) is 65.9 Å². The second kappa shape index (κ2) is 19.5. The molecule has 0 rings (SSSR count). The van der Waals surface area contributed by atoms with E-state index in [1.807, 2.05) is 27.7 Å². The van der Waals surface area contributed by atoms with E-state index in [1.54, 1.807) is 0 Å². The maximum absolute atomic E-state index is 11.7. The van der Waals surface area contributed by atoms with Crippen molar-refractivity contribution in [3.63, 3.8) is 0 Å². The number of ether oxygens (including phenoxy) is 5. The Morgan fingerprint density at radius 2 is 1.20 bits per heavy atom. The lowest BCUT2D eigenvalue weighted by Gasteiger charge is -2.19. The van der Waals surface area contributed by atoms with Crippen LogP contribution in [0, 0.1) is 0 Å². The summed E-state index contributed by atoms with van der Waals surface area (Å²) in [6, 6.07) is 0. The van der Waals surface area contributed by atoms with Crippen LogP contribution in [-0.2, 0) is 28.5 Å². The first-order valence-electron chi connectivity index (χ1n) is 10.9. The normalized spacial score (nSPS) is 11.3. The number of nitrogens with one attached hydrogen (secondary N) is 2. The second-order valence-electron chi connectivity index (χ2n) is 7.62. The molecule has 2 amide bonds. The summed E-state index contributed by atoms with van der Waals surface area (Å²) in [5.41, 5.74) is -0.482. The predicted octanol–water partition coefficient (Wildman–Crippen LogP) is 2.27. The van der Waals surface area contributed by atoms with Crippen molar-refractivity contribution in [2.45, 2.75) is 59.0 Å². The molecule has 0 radical (unpaired) electrons. The number of alkyl carbamates (subject to hydrolysis) is 1. The summed E-state index contributed by atoms with van der Waals surface area (Å²) in [6.07, 6.45) is 2.56. The van der Waals surface area contributed by atoms with E-state index >= 15 is 0 Å². The summed E-state index contributed by atoms with van der Waals surface area (Å²) >= 11 is 0. The van der Waals surface area contributed by atoms with Gasteiger partial charge in [-0.25, -0.2) is 4.79 Å². The van der Waals surface area contributed by atoms with Crippen LogP contribution in [0.25, 0.3) is 0 Å². The minimum atomic E-state index is -0.482. The van der Waals surface area contributed by atoms with Gasteiger partial charge in [-0.2, -0.15) is 0 Å². The lowest BCUT2D eigenvalue weighted by atomic mass is 10.2. The Kier molecular flexibility index (Phi) is 18.6. The van der Waals surface area contributed by atoms with Gasteiger partial charge in [-0.1, -0.05) is 0 Å². The Hall–Kier alpha value is -1.42. The van der Waals surface area contributed by atoms with Gasteiger partial charge in [0, 0.05) is 26.1 Å². The quantitative estimate of drug-likeness (QED) is 0.301. The van der Waals surface area contributed by atoms with Gasteiger partial charge in [-0.15, -0.1) is 0 Å². The topological polar surface area (TPSA) is 104 Å². The minimum Gasteiger partial charge on any atom is -0.444 e. The molecule has 30 heavy (non-hydrogen) atoms. The summed E-state index contributed by atoms with van der Waals surface area (Å²) in [7, 11) is 0. The SMILES string of the molecule is CCOCCOCCOCCOCCC(=O)NCCCCCNC(=O)OC(C)(C)C. The molecule has 0 atom stereocenters. The first-order valence-corrected chi connectivity index (χ1v) is 10.9. The van der Waals surface area contributed by atoms with Gasteiger partial charge < -0.3 is 34.3 Å². The maximum Gasteiger partial charge on any atom is 0.407 e. The molecule has 0 aromatic rings. The summed E-state index contributed by atoms with van der Waals surface area (Å²) in [5.74, 6) is -0.0227. The molecular weight excluding hydrogens is 392 g/mol. The molecule has 9 heteroatoms. The fraction of sp³-hybridized carbons (Fsp3) is 0.905. The van der Waals surface area contributed by atoms with Crippen molar-refractivity contribution < 1.29 is 33.3 Å². The van der Waals surface area contributed by atoms with Crippen molar-refractivity contribution in [1.29, 1.82) is 0 Å². The Morgan fingerprint density at radius 1 is 0.700 bits per heavy atom. The van der Waals surface area contributed by atoms with E-state index in [0.29, 0.717) is 72.4 Å². The molecule has 0 aromatic heterocycles. The van der Waals surface area contributed by atoms with Gasteiger partial charge in [0.15, 0.2) is 0 Å². The fourth-order valence-electron chi connectivity index (χ4n) is 2.22. The van der Waals surface area contributed by atoms with E-state index in [9.17, 15) is 9.59 Å². The van der Waals surface area contributed by atoms with Gasteiger partial charge in [0.2, 0.25) is 5.91 Å². The van der Waals surface area contributed by atoms with Gasteiger partial charge in [0.05, 0.1) is 46.2 Å². The Balaban J connectivity index is 3.28. The smallest absolute Gasteiger partial charge is 0.407 e. The van der Waals surface area contributed by atoms with Crippen LogP contribution in [0.4, 0.5) is 4.79 Å². The van der Waals surface area contributed by atoms with Crippen LogP contribution < -0.4 is 10.6 Å². The maximum atomic E-state index is 11.7. The third kappa shape index (κ3) is 22.9. The van der Waals surface area contributed by atoms with Gasteiger partial charge in [0.1, 0.15) is 5.60 Å². The number of carbonyl (C=O) groups excluding carboxylic acids is 2. The summed E-state index contributed by atoms with van der Waals surface area (Å²) < 4.78 is 26.4. The van der Waals surface area contributed by atoms with Crippen LogP contribution in [-0.4, -0.2) is 83.5 Å². The van der Waals surface area contributed by atoms with Crippen molar-refractivity contribution in [3.05, 3.63) is 0 Å². The molecule has 178 valence electrons. The molecule has 0 spiro atoms. The van der Waals surface area contributed by atoms with Gasteiger partial charge in [-0.05, 0) is 47.0 Å². The molecule has 0 fully saturated rings. The number of amides is 2. The number of hydrogen-bond acceptors (Lipinski definition) is 7. The third-order valence-corrected chi connectivity index (χ3v) is 3.64. The van der Waals surface area contributed by atoms with Gasteiger partial charge in [0.25, 0.3) is 0 Å². The molecule has 0 heterocycles. The summed E-state index contributed by atoms with van der Waals surface area (Å²) in [4.78, 5) is 23.2. The molecule has 9 nitrogen and oxygen atoms in total. The van der Waals surface area contributed by atoms with E-state index in [0.717, 1.165) is 19.3 Å². The highest BCUT2D eigenvalue weighted by molar-refractivity contribution is 5.75. The fourth-order valence-corrected chi connectivity index (χ4v) is 2.22. The van der Waals surface area contributed by atoms with Crippen molar-refractivity contribution in [1.82, 2.24) is 10.6 Å². The number of hydrogen-bond donors (Lipinski definition) is 2. The predicted molar refractivity (Wildman–Crippen MR) is 115 cm³/mol. The molecule has 0 saturated heterocycles. The molecule has 0 aromatic carbocycles. The first-order chi connectivity index (χ1) is 14.3. The van der Waals surface area contributed by atoms with Crippen LogP contribution in [0.5, 0.6) is 0 Å². The highest BCUT2D eigenvalue weighted by atomic mass is 16.6. The zero-order chi connectivity index (χ0) is 22.5. The van der Waals surface area contributed by atoms with Crippen molar-refractivity contribution in [3.8, 4) is 0 Å². The standard InChI is InChI=1S/C21H42N2O7/c1-5-26-13-14-28-17-18-29-16-15-27-12-9-19(24)22-10-7-6-8-11-23-20(25)30-21(2,3)4/h5-18H2,1-4H3,(H,22,24)(H,23,25). The molecule has 0 aliphatic carbocycles. The van der Waals surface area contributed by atoms with Crippen LogP contribution in [0.3, 0.4) is 0 Å². The number of unbranched alkanes of at least 4 members (excludes halogenated alkanes) is 2. The zero-order valence-electron chi connectivity index (χ0n) is 19.3. The van der Waals surface area contributed by atoms with E-state index in [4.69, 9.17) is 23.7 Å². The Labute approximate surface area is 181 Å². The molecule has 0 saturated carbocycles. The number of carbonyl (C=O) groups is 2. The minimum absolute atomic E-state index is 0.0227. The Morgan fingerprint density at radius 3 is 1.73 bits per heavy atom. The molecule has 0 aliphatic rings. The first kappa shape index (κ1) is 28.6. The molecule has 2 N–H and O–H groups in total. The van der Waals surface area contributed by atoms with Crippen LogP contribution in [0.2, 0.25) is 0 Å². The average molecular weight is 435 g/mol. The second-order valence-corrected chi connectivity index (χ2v) is 7.62. The van der Waals surface area contributed by atoms with E-state index < -0.39 is 11.7 Å². The van der Waals surface area contributed by atoms with E-state index in [2.05, 4.69) is 10.6 Å². The molecule has 0 unspecified atom stereocenters. The van der Waals surface area contributed by atoms with E-state index in [-0.39, 0.29) is 5.91 Å². The molecule has 0 aliphatic heterocycles. The Bertz CT molecular complexity index is 428. The molecular formula is C21H42N2O7. The summed E-state index contributed by atoms with van der Waals surface area (Å²) in [6.45, 7) is 12.9. The number of rotatable bonds is 19. The monoisotopic (exact) mass is 434 g/mol. The lowest BCUT2D eigenvalue weighted by molar-refractivity contribution is -0.122. The highest BCUT2D eigenvalue weighted by Crippen LogP contribution is 2.06. The summed E-state index contributed by atoms with van der Waals surface area (Å²) in [5, 5.41) is 5.58. The van der Waals surface area contributed by atoms with Crippen LogP contribution in [0.1, 0.15) is 53.4 Å². The van der Waals surface area contributed by atoms with Crippen LogP contribution >= 0.6 is 0 Å². The zero-order valence-corrected chi connectivity index (χ0v) is 19.3. The van der Waals surface area contributed by atoms with Crippen LogP contribution in [0.15, 0.2) is 0 Å². The third-order valence-electron chi connectivity index (χ3n) is 3.64. The van der Waals surface area contributed by atoms with Gasteiger partial charge in [-0.3, -0.25) is 4.79 Å². The average Bonchev–Trinajstić information content (AvgIpc) is 2.66. The molecule has 0 bridgehead atoms. The van der Waals surface area contributed by atoms with Gasteiger partial charge >= 0.3 is 6.09 Å². The lowest BCUT2D eigenvalue weighted by Crippen LogP contribution is -2.33. The highest BCUT2D eigenvalue weighted by Gasteiger charge is 2.15. The van der Waals surface area contributed by atoms with Crippen molar-refractivity contribution in [2.24, 2.45) is 0 Å². The van der Waals surface area contributed by atoms with E-state index in [1.165, 1.54) is 0 Å². The largest absolute Gasteiger partial charge is 0.444 e.